The fraction of sp³-hybridized carbons (Fsp3) is 0.526. The van der Waals surface area contributed by atoms with Gasteiger partial charge in [-0.2, -0.15) is 0 Å². The fourth-order valence-corrected chi connectivity index (χ4v) is 3.43. The normalized spacial score (nSPS) is 26.8. The number of carbonyl (C=O) groups excluding carboxylic acids is 1. The topological polar surface area (TPSA) is 77.5 Å². The Morgan fingerprint density at radius 3 is 2.79 bits per heavy atom. The van der Waals surface area contributed by atoms with Gasteiger partial charge in [0.25, 0.3) is 0 Å². The number of ether oxygens (including phenoxy) is 1. The zero-order chi connectivity index (χ0) is 17.5. The van der Waals surface area contributed by atoms with Crippen LogP contribution >= 0.6 is 0 Å². The summed E-state index contributed by atoms with van der Waals surface area (Å²) >= 11 is 0. The average molecular weight is 330 g/mol. The molecule has 5 heteroatoms. The van der Waals surface area contributed by atoms with Crippen LogP contribution in [0.1, 0.15) is 45.9 Å². The van der Waals surface area contributed by atoms with E-state index in [1.165, 1.54) is 0 Å². The number of hydrogen-bond acceptors (Lipinski definition) is 4. The van der Waals surface area contributed by atoms with E-state index in [2.05, 4.69) is 5.32 Å². The molecule has 2 aromatic rings. The largest absolute Gasteiger partial charge is 0.459 e. The Kier molecular flexibility index (Phi) is 4.18. The van der Waals surface area contributed by atoms with Crippen molar-refractivity contribution in [1.82, 2.24) is 5.32 Å². The van der Waals surface area contributed by atoms with Crippen molar-refractivity contribution in [1.29, 1.82) is 0 Å². The summed E-state index contributed by atoms with van der Waals surface area (Å²) in [5, 5.41) is 4.03. The second-order valence-electron chi connectivity index (χ2n) is 7.22. The molecule has 1 aliphatic carbocycles. The van der Waals surface area contributed by atoms with Gasteiger partial charge in [0, 0.05) is 23.8 Å². The van der Waals surface area contributed by atoms with Crippen molar-refractivity contribution >= 4 is 16.9 Å². The van der Waals surface area contributed by atoms with Crippen LogP contribution in [0.15, 0.2) is 34.7 Å². The van der Waals surface area contributed by atoms with Crippen LogP contribution in [0.3, 0.4) is 0 Å². The molecule has 0 spiro atoms. The van der Waals surface area contributed by atoms with E-state index in [0.29, 0.717) is 13.0 Å². The lowest BCUT2D eigenvalue weighted by atomic mass is 9.54. The van der Waals surface area contributed by atoms with Crippen molar-refractivity contribution in [3.8, 4) is 0 Å². The van der Waals surface area contributed by atoms with Crippen LogP contribution in [-0.4, -0.2) is 24.2 Å². The highest BCUT2D eigenvalue weighted by molar-refractivity contribution is 5.89. The summed E-state index contributed by atoms with van der Waals surface area (Å²) < 4.78 is 11.5. The van der Waals surface area contributed by atoms with Gasteiger partial charge in [-0.15, -0.1) is 0 Å². The molecular weight excluding hydrogens is 304 g/mol. The first-order chi connectivity index (χ1) is 11.3. The van der Waals surface area contributed by atoms with Crippen molar-refractivity contribution in [2.75, 3.05) is 6.61 Å². The molecule has 24 heavy (non-hydrogen) atoms. The minimum atomic E-state index is -0.923. The van der Waals surface area contributed by atoms with E-state index in [-0.39, 0.29) is 18.1 Å². The molecule has 1 amide bonds. The van der Waals surface area contributed by atoms with Gasteiger partial charge in [-0.05, 0) is 26.0 Å². The first kappa shape index (κ1) is 17.0. The summed E-state index contributed by atoms with van der Waals surface area (Å²) in [5.74, 6) is 0.572. The highest BCUT2D eigenvalue weighted by Crippen LogP contribution is 2.50. The van der Waals surface area contributed by atoms with E-state index >= 15 is 0 Å². The van der Waals surface area contributed by atoms with E-state index in [1.54, 1.807) is 0 Å². The molecule has 0 aliphatic heterocycles. The van der Waals surface area contributed by atoms with Gasteiger partial charge in [0.15, 0.2) is 0 Å². The first-order valence-corrected chi connectivity index (χ1v) is 8.49. The minimum absolute atomic E-state index is 0.0137. The Labute approximate surface area is 142 Å². The van der Waals surface area contributed by atoms with Crippen molar-refractivity contribution in [2.45, 2.75) is 51.8 Å². The Morgan fingerprint density at radius 1 is 1.46 bits per heavy atom. The number of carbonyl (C=O) groups is 1. The van der Waals surface area contributed by atoms with Crippen LogP contribution in [0.25, 0.3) is 11.0 Å². The Bertz CT molecular complexity index is 719. The van der Waals surface area contributed by atoms with Crippen molar-refractivity contribution in [3.63, 3.8) is 0 Å². The Balaban J connectivity index is 1.72. The van der Waals surface area contributed by atoms with Gasteiger partial charge in [0.05, 0.1) is 12.1 Å². The van der Waals surface area contributed by atoms with Crippen LogP contribution in [-0.2, 0) is 9.53 Å². The number of furan rings is 1. The van der Waals surface area contributed by atoms with Crippen molar-refractivity contribution in [3.05, 3.63) is 36.1 Å². The smallest absolute Gasteiger partial charge is 0.241 e. The summed E-state index contributed by atoms with van der Waals surface area (Å²) in [4.78, 5) is 12.8. The lowest BCUT2D eigenvalue weighted by Crippen LogP contribution is -2.75. The van der Waals surface area contributed by atoms with Gasteiger partial charge < -0.3 is 20.2 Å². The summed E-state index contributed by atoms with van der Waals surface area (Å²) in [6.07, 6.45) is 0.548. The Hall–Kier alpha value is -1.85. The molecule has 1 aliphatic rings. The van der Waals surface area contributed by atoms with Gasteiger partial charge >= 0.3 is 0 Å². The third-order valence-corrected chi connectivity index (χ3v) is 5.45. The molecule has 1 aromatic carbocycles. The summed E-state index contributed by atoms with van der Waals surface area (Å²) in [7, 11) is 0. The molecule has 1 saturated carbocycles. The standard InChI is InChI=1S/C19H26N2O3/c1-5-23-16-11-19(20,18(16,3)4)17(22)21-12(2)15-10-13-8-6-7-9-14(13)24-15/h6-10,12,16H,5,11,20H2,1-4H3,(H,21,22). The predicted molar refractivity (Wildman–Crippen MR) is 93.5 cm³/mol. The molecule has 3 rings (SSSR count). The average Bonchev–Trinajstić information content (AvgIpc) is 2.98. The maximum Gasteiger partial charge on any atom is 0.241 e. The predicted octanol–water partition coefficient (Wildman–Crippen LogP) is 3.14. The zero-order valence-electron chi connectivity index (χ0n) is 14.8. The Morgan fingerprint density at radius 2 is 2.17 bits per heavy atom. The van der Waals surface area contributed by atoms with Crippen molar-refractivity contribution < 1.29 is 13.9 Å². The molecule has 3 unspecified atom stereocenters. The van der Waals surface area contributed by atoms with E-state index in [9.17, 15) is 4.79 Å². The molecular formula is C19H26N2O3. The van der Waals surface area contributed by atoms with Gasteiger partial charge in [-0.3, -0.25) is 4.79 Å². The van der Waals surface area contributed by atoms with E-state index in [0.717, 1.165) is 16.7 Å². The van der Waals surface area contributed by atoms with Crippen LogP contribution in [0.4, 0.5) is 0 Å². The highest BCUT2D eigenvalue weighted by Gasteiger charge is 2.63. The van der Waals surface area contributed by atoms with Gasteiger partial charge in [-0.25, -0.2) is 0 Å². The number of para-hydroxylation sites is 1. The van der Waals surface area contributed by atoms with Crippen LogP contribution in [0, 0.1) is 5.41 Å². The molecule has 5 nitrogen and oxygen atoms in total. The molecule has 130 valence electrons. The molecule has 3 atom stereocenters. The molecule has 1 fully saturated rings. The SMILES string of the molecule is CCOC1CC(N)(C(=O)NC(C)c2cc3ccccc3o2)C1(C)C. The third-order valence-electron chi connectivity index (χ3n) is 5.45. The number of hydrogen-bond donors (Lipinski definition) is 2. The van der Waals surface area contributed by atoms with Gasteiger partial charge in [-0.1, -0.05) is 32.0 Å². The second kappa shape index (κ2) is 5.90. The molecule has 1 aromatic heterocycles. The third kappa shape index (κ3) is 2.52. The van der Waals surface area contributed by atoms with Crippen LogP contribution < -0.4 is 11.1 Å². The molecule has 3 N–H and O–H groups in total. The number of benzene rings is 1. The number of fused-ring (bicyclic) bond motifs is 1. The number of nitrogens with two attached hydrogens (primary N) is 1. The lowest BCUT2D eigenvalue weighted by Gasteiger charge is -2.57. The maximum atomic E-state index is 12.8. The first-order valence-electron chi connectivity index (χ1n) is 8.49. The fourth-order valence-electron chi connectivity index (χ4n) is 3.43. The van der Waals surface area contributed by atoms with Gasteiger partial charge in [0.2, 0.25) is 5.91 Å². The van der Waals surface area contributed by atoms with E-state index in [1.807, 2.05) is 58.0 Å². The molecule has 0 radical (unpaired) electrons. The molecule has 1 heterocycles. The second-order valence-corrected chi connectivity index (χ2v) is 7.22. The number of nitrogens with one attached hydrogen (secondary N) is 1. The quantitative estimate of drug-likeness (QED) is 0.883. The van der Waals surface area contributed by atoms with Crippen molar-refractivity contribution in [2.24, 2.45) is 11.1 Å². The monoisotopic (exact) mass is 330 g/mol. The van der Waals surface area contributed by atoms with Crippen LogP contribution in [0.2, 0.25) is 0 Å². The minimum Gasteiger partial charge on any atom is -0.459 e. The van der Waals surface area contributed by atoms with E-state index < -0.39 is 11.0 Å². The summed E-state index contributed by atoms with van der Waals surface area (Å²) in [5.41, 5.74) is 5.91. The maximum absolute atomic E-state index is 12.8. The van der Waals surface area contributed by atoms with E-state index in [4.69, 9.17) is 14.9 Å². The van der Waals surface area contributed by atoms with Gasteiger partial charge in [0.1, 0.15) is 16.9 Å². The highest BCUT2D eigenvalue weighted by atomic mass is 16.5. The summed E-state index contributed by atoms with van der Waals surface area (Å²) in [6.45, 7) is 8.46. The number of rotatable bonds is 5. The molecule has 0 saturated heterocycles. The molecule has 0 bridgehead atoms. The van der Waals surface area contributed by atoms with Crippen LogP contribution in [0.5, 0.6) is 0 Å². The lowest BCUT2D eigenvalue weighted by molar-refractivity contribution is -0.171. The summed E-state index contributed by atoms with van der Waals surface area (Å²) in [6, 6.07) is 9.51. The zero-order valence-corrected chi connectivity index (χ0v) is 14.8. The number of amides is 1.